The van der Waals surface area contributed by atoms with Crippen LogP contribution in [0.2, 0.25) is 0 Å². The van der Waals surface area contributed by atoms with E-state index in [4.69, 9.17) is 4.78 Å². The van der Waals surface area contributed by atoms with Gasteiger partial charge in [-0.05, 0) is 0 Å². The van der Waals surface area contributed by atoms with Gasteiger partial charge in [-0.3, -0.25) is 15.1 Å². The van der Waals surface area contributed by atoms with Gasteiger partial charge in [0.05, 0.1) is 0 Å². The van der Waals surface area contributed by atoms with Crippen molar-refractivity contribution in [1.82, 2.24) is 0 Å². The molecule has 26 valence electrons. The molecule has 0 aromatic heterocycles. The van der Waals surface area contributed by atoms with Gasteiger partial charge in [-0.2, -0.15) is 0 Å². The Bertz CT molecular complexity index is 26.3. The molecule has 0 heterocycles. The van der Waals surface area contributed by atoms with Gasteiger partial charge in [0.15, 0.2) is 0 Å². The molecule has 0 radical (unpaired) electrons. The minimum atomic E-state index is -1.11. The van der Waals surface area contributed by atoms with E-state index in [9.17, 15) is 0 Å². The summed E-state index contributed by atoms with van der Waals surface area (Å²) in [6.45, 7) is 0. The fourth-order valence-corrected chi connectivity index (χ4v) is 0. The topological polar surface area (TPSA) is 75.9 Å². The first-order valence-electron chi connectivity index (χ1n) is 0.676. The zero-order chi connectivity index (χ0) is 3.58. The molecule has 4 heteroatoms. The highest BCUT2D eigenvalue weighted by molar-refractivity contribution is 7.81. The van der Waals surface area contributed by atoms with E-state index in [0.717, 1.165) is 0 Å². The smallest absolute Gasteiger partial charge is 0.0312 e. The fourth-order valence-electron chi connectivity index (χ4n) is 0. The van der Waals surface area contributed by atoms with Gasteiger partial charge in [-0.25, -0.2) is 0 Å². The highest BCUT2D eigenvalue weighted by atomic mass is 32.2. The van der Waals surface area contributed by atoms with Crippen molar-refractivity contribution in [1.29, 1.82) is 4.78 Å². The first-order valence-corrected chi connectivity index (χ1v) is 2.03. The molecule has 0 aliphatic heterocycles. The Kier molecular flexibility index (Phi) is 1.42. The van der Waals surface area contributed by atoms with Gasteiger partial charge in [0, 0.05) is 11.1 Å². The average molecular weight is 79.1 g/mol. The lowest BCUT2D eigenvalue weighted by Gasteiger charge is -1.70. The highest BCUT2D eigenvalue weighted by Gasteiger charge is 1.48. The average Bonchev–Trinajstić information content (AvgIpc) is 0.811. The summed E-state index contributed by atoms with van der Waals surface area (Å²) in [6, 6.07) is 0. The lowest BCUT2D eigenvalue weighted by Crippen LogP contribution is -2.09. The number of hydrogen-bond donors (Lipinski definition) is 3. The Morgan fingerprint density at radius 3 is 1.50 bits per heavy atom. The van der Waals surface area contributed by atoms with Gasteiger partial charge < -0.3 is 0 Å². The largest absolute Gasteiger partial charge is 0.257 e. The Morgan fingerprint density at radius 2 is 1.50 bits per heavy atom. The Hall–Kier alpha value is 0.0700. The van der Waals surface area contributed by atoms with Gasteiger partial charge in [-0.15, -0.1) is 0 Å². The highest BCUT2D eigenvalue weighted by Crippen LogP contribution is 1.28. The Balaban J connectivity index is 2.80. The second-order valence-corrected chi connectivity index (χ2v) is 1.12. The molecule has 0 aliphatic carbocycles. The van der Waals surface area contributed by atoms with Crippen molar-refractivity contribution in [2.24, 2.45) is 10.3 Å². The van der Waals surface area contributed by atoms with Crippen LogP contribution in [-0.2, 0) is 11.1 Å². The minimum absolute atomic E-state index is 1.11. The SMILES string of the molecule is N=S(N)N. The van der Waals surface area contributed by atoms with E-state index in [0.29, 0.717) is 0 Å². The summed E-state index contributed by atoms with van der Waals surface area (Å²) in [5.74, 6) is 0. The Morgan fingerprint density at radius 1 is 1.50 bits per heavy atom. The van der Waals surface area contributed by atoms with Crippen molar-refractivity contribution in [2.45, 2.75) is 0 Å². The first kappa shape index (κ1) is 4.07. The lowest BCUT2D eigenvalue weighted by molar-refractivity contribution is 1.58. The summed E-state index contributed by atoms with van der Waals surface area (Å²) in [4.78, 5) is 0. The van der Waals surface area contributed by atoms with Gasteiger partial charge in [0.2, 0.25) is 0 Å². The Labute approximate surface area is 27.1 Å². The summed E-state index contributed by atoms with van der Waals surface area (Å²) >= 11 is -1.11. The molecule has 0 amide bonds. The van der Waals surface area contributed by atoms with Crippen LogP contribution in [0.25, 0.3) is 0 Å². The molecule has 0 saturated heterocycles. The first-order chi connectivity index (χ1) is 1.73. The molecular formula is H5N3S. The molecule has 0 rings (SSSR count). The lowest BCUT2D eigenvalue weighted by atomic mass is 13.9. The maximum absolute atomic E-state index is 6.17. The van der Waals surface area contributed by atoms with Crippen LogP contribution in [-0.4, -0.2) is 0 Å². The van der Waals surface area contributed by atoms with Gasteiger partial charge in [-0.1, -0.05) is 0 Å². The zero-order valence-electron chi connectivity index (χ0n) is 2.06. The van der Waals surface area contributed by atoms with E-state index in [-0.39, 0.29) is 0 Å². The van der Waals surface area contributed by atoms with Crippen LogP contribution in [0.15, 0.2) is 0 Å². The van der Waals surface area contributed by atoms with Gasteiger partial charge >= 0.3 is 0 Å². The molecule has 0 aromatic carbocycles. The van der Waals surface area contributed by atoms with Crippen LogP contribution < -0.4 is 10.3 Å². The fraction of sp³-hybridized carbons (Fsp3) is 0. The molecular weight excluding hydrogens is 74.1 g/mol. The van der Waals surface area contributed by atoms with Crippen molar-refractivity contribution in [2.75, 3.05) is 0 Å². The van der Waals surface area contributed by atoms with E-state index >= 15 is 0 Å². The molecule has 0 bridgehead atoms. The maximum Gasteiger partial charge on any atom is 0.0312 e. The number of nitrogens with two attached hydrogens (primary N) is 2. The van der Waals surface area contributed by atoms with Crippen molar-refractivity contribution in [3.8, 4) is 0 Å². The van der Waals surface area contributed by atoms with Crippen molar-refractivity contribution >= 4 is 11.1 Å². The standard InChI is InChI=1S/H5N3S/c1-4(2)3/h(H5,1,2,3). The summed E-state index contributed by atoms with van der Waals surface area (Å²) in [5.41, 5.74) is 0. The normalized spacial score (nSPS) is 8.75. The maximum atomic E-state index is 6.17. The van der Waals surface area contributed by atoms with Crippen LogP contribution in [0.1, 0.15) is 0 Å². The molecule has 0 aliphatic rings. The summed E-state index contributed by atoms with van der Waals surface area (Å²) in [6.07, 6.45) is 0. The van der Waals surface area contributed by atoms with Crippen LogP contribution in [0, 0.1) is 4.78 Å². The van der Waals surface area contributed by atoms with Crippen LogP contribution in [0.5, 0.6) is 0 Å². The number of nitrogens with one attached hydrogen (secondary N) is 1. The van der Waals surface area contributed by atoms with Crippen molar-refractivity contribution in [3.63, 3.8) is 0 Å². The molecule has 4 heavy (non-hydrogen) atoms. The third kappa shape index (κ3) is 484. The van der Waals surface area contributed by atoms with Crippen LogP contribution in [0.4, 0.5) is 0 Å². The summed E-state index contributed by atoms with van der Waals surface area (Å²) in [7, 11) is 0. The number of hydrogen-bond acceptors (Lipinski definition) is 1. The zero-order valence-corrected chi connectivity index (χ0v) is 2.88. The molecule has 0 aromatic rings. The van der Waals surface area contributed by atoms with Gasteiger partial charge in [0.25, 0.3) is 0 Å². The third-order valence-electron chi connectivity index (χ3n) is 0. The van der Waals surface area contributed by atoms with Crippen molar-refractivity contribution < 1.29 is 0 Å². The van der Waals surface area contributed by atoms with E-state index in [1.54, 1.807) is 0 Å². The molecule has 5 N–H and O–H groups in total. The molecule has 0 unspecified atom stereocenters. The van der Waals surface area contributed by atoms with Crippen molar-refractivity contribution in [3.05, 3.63) is 0 Å². The van der Waals surface area contributed by atoms with E-state index < -0.39 is 11.1 Å². The van der Waals surface area contributed by atoms with E-state index in [1.807, 2.05) is 0 Å². The summed E-state index contributed by atoms with van der Waals surface area (Å²) in [5, 5.41) is 9.17. The predicted octanol–water partition coefficient (Wildman–Crippen LogP) is -0.886. The van der Waals surface area contributed by atoms with Crippen LogP contribution >= 0.6 is 0 Å². The third-order valence-corrected chi connectivity index (χ3v) is 0. The second-order valence-electron chi connectivity index (χ2n) is 0.372. The molecule has 0 atom stereocenters. The molecule has 0 saturated carbocycles. The van der Waals surface area contributed by atoms with Gasteiger partial charge in [0.1, 0.15) is 0 Å². The molecule has 3 nitrogen and oxygen atoms in total. The second kappa shape index (κ2) is 1.40. The van der Waals surface area contributed by atoms with E-state index in [1.165, 1.54) is 0 Å². The minimum Gasteiger partial charge on any atom is -0.257 e. The van der Waals surface area contributed by atoms with E-state index in [2.05, 4.69) is 10.3 Å². The summed E-state index contributed by atoms with van der Waals surface area (Å²) < 4.78 is 6.17. The molecule has 0 spiro atoms. The monoisotopic (exact) mass is 79.0 g/mol. The quantitative estimate of drug-likeness (QED) is 0.352. The number of rotatable bonds is 0. The molecule has 0 fully saturated rings. The predicted molar refractivity (Wildman–Crippen MR) is 18.5 cm³/mol. The van der Waals surface area contributed by atoms with Crippen LogP contribution in [0.3, 0.4) is 0 Å².